The van der Waals surface area contributed by atoms with Crippen molar-refractivity contribution in [1.82, 2.24) is 10.2 Å². The maximum atomic E-state index is 13.0. The number of rotatable bonds is 7. The number of nitrogens with zero attached hydrogens (tertiary/aromatic N) is 1. The molecule has 31 heavy (non-hydrogen) atoms. The van der Waals surface area contributed by atoms with Crippen molar-refractivity contribution >= 4 is 21.8 Å². The van der Waals surface area contributed by atoms with Gasteiger partial charge < -0.3 is 10.2 Å². The van der Waals surface area contributed by atoms with Gasteiger partial charge in [-0.2, -0.15) is 0 Å². The molecule has 1 aromatic rings. The van der Waals surface area contributed by atoms with Crippen molar-refractivity contribution in [2.75, 3.05) is 13.6 Å². The Labute approximate surface area is 184 Å². The van der Waals surface area contributed by atoms with Gasteiger partial charge in [-0.15, -0.1) is 0 Å². The lowest BCUT2D eigenvalue weighted by molar-refractivity contribution is -0.146. The molecule has 4 saturated carbocycles. The lowest BCUT2D eigenvalue weighted by Gasteiger charge is -2.55. The number of amides is 2. The summed E-state index contributed by atoms with van der Waals surface area (Å²) in [7, 11) is -2.11. The van der Waals surface area contributed by atoms with E-state index < -0.39 is 10.0 Å². The van der Waals surface area contributed by atoms with E-state index in [4.69, 9.17) is 5.14 Å². The first-order chi connectivity index (χ1) is 14.6. The molecule has 2 amide bonds. The molecule has 7 nitrogen and oxygen atoms in total. The highest BCUT2D eigenvalue weighted by atomic mass is 32.2. The standard InChI is InChI=1S/C23H33N3O4S/c1-15(19-4-3-5-20(11-19)31(24,29)30)26(2)21(27)6-7-25-22(28)23-12-16-8-17(13-23)10-18(9-16)14-23/h3-5,11,15-18H,6-10,12-14H2,1-2H3,(H,25,28)(H2,24,29,30). The lowest BCUT2D eigenvalue weighted by Crippen LogP contribution is -2.53. The second-order valence-electron chi connectivity index (χ2n) is 10.0. The number of hydrogen-bond acceptors (Lipinski definition) is 4. The van der Waals surface area contributed by atoms with Crippen LogP contribution in [0.3, 0.4) is 0 Å². The number of nitrogens with two attached hydrogens (primary N) is 1. The van der Waals surface area contributed by atoms with Gasteiger partial charge in [0.05, 0.1) is 10.9 Å². The Bertz CT molecular complexity index is 940. The molecule has 1 atom stereocenters. The molecule has 4 aliphatic carbocycles. The second-order valence-corrected chi connectivity index (χ2v) is 11.6. The summed E-state index contributed by atoms with van der Waals surface area (Å²) in [4.78, 5) is 27.3. The molecular weight excluding hydrogens is 414 g/mol. The van der Waals surface area contributed by atoms with Gasteiger partial charge in [-0.3, -0.25) is 9.59 Å². The number of carbonyl (C=O) groups is 2. The molecule has 8 heteroatoms. The molecule has 0 radical (unpaired) electrons. The van der Waals surface area contributed by atoms with Crippen molar-refractivity contribution in [2.45, 2.75) is 62.8 Å². The van der Waals surface area contributed by atoms with E-state index in [1.165, 1.54) is 31.4 Å². The van der Waals surface area contributed by atoms with Crippen molar-refractivity contribution in [3.63, 3.8) is 0 Å². The van der Waals surface area contributed by atoms with E-state index in [1.54, 1.807) is 24.1 Å². The summed E-state index contributed by atoms with van der Waals surface area (Å²) in [6, 6.07) is 6.02. The van der Waals surface area contributed by atoms with Crippen LogP contribution in [0.1, 0.15) is 63.5 Å². The zero-order valence-electron chi connectivity index (χ0n) is 18.3. The third kappa shape index (κ3) is 4.51. The van der Waals surface area contributed by atoms with Gasteiger partial charge in [0.2, 0.25) is 21.8 Å². The lowest BCUT2D eigenvalue weighted by atomic mass is 9.49. The van der Waals surface area contributed by atoms with Crippen LogP contribution in [0.5, 0.6) is 0 Å². The van der Waals surface area contributed by atoms with Crippen LogP contribution in [0.2, 0.25) is 0 Å². The first-order valence-electron chi connectivity index (χ1n) is 11.2. The van der Waals surface area contributed by atoms with Crippen LogP contribution in [0, 0.1) is 23.2 Å². The molecule has 3 N–H and O–H groups in total. The molecule has 4 bridgehead atoms. The number of hydrogen-bond donors (Lipinski definition) is 2. The number of carbonyl (C=O) groups excluding carboxylic acids is 2. The van der Waals surface area contributed by atoms with Crippen LogP contribution in [-0.2, 0) is 19.6 Å². The molecule has 0 aromatic heterocycles. The van der Waals surface area contributed by atoms with Gasteiger partial charge >= 0.3 is 0 Å². The Hall–Kier alpha value is -1.93. The van der Waals surface area contributed by atoms with Gasteiger partial charge in [0.1, 0.15) is 0 Å². The average molecular weight is 448 g/mol. The van der Waals surface area contributed by atoms with Gasteiger partial charge in [-0.05, 0) is 80.9 Å². The summed E-state index contributed by atoms with van der Waals surface area (Å²) in [6.45, 7) is 2.17. The highest BCUT2D eigenvalue weighted by molar-refractivity contribution is 7.89. The number of benzene rings is 1. The van der Waals surface area contributed by atoms with Gasteiger partial charge in [-0.1, -0.05) is 12.1 Å². The molecule has 170 valence electrons. The smallest absolute Gasteiger partial charge is 0.238 e. The Morgan fingerprint density at radius 3 is 2.29 bits per heavy atom. The molecule has 0 heterocycles. The Kier molecular flexibility index (Phi) is 5.89. The summed E-state index contributed by atoms with van der Waals surface area (Å²) in [5.74, 6) is 2.16. The maximum Gasteiger partial charge on any atom is 0.238 e. The SMILES string of the molecule is CC(c1cccc(S(N)(=O)=O)c1)N(C)C(=O)CCNC(=O)C12CC3CC(CC(C3)C1)C2. The van der Waals surface area contributed by atoms with Gasteiger partial charge in [-0.25, -0.2) is 13.6 Å². The largest absolute Gasteiger partial charge is 0.355 e. The van der Waals surface area contributed by atoms with E-state index in [0.717, 1.165) is 19.3 Å². The molecule has 0 spiro atoms. The topological polar surface area (TPSA) is 110 Å². The Morgan fingerprint density at radius 2 is 1.74 bits per heavy atom. The molecule has 4 aliphatic rings. The summed E-state index contributed by atoms with van der Waals surface area (Å²) in [6.07, 6.45) is 7.12. The summed E-state index contributed by atoms with van der Waals surface area (Å²) >= 11 is 0. The zero-order valence-corrected chi connectivity index (χ0v) is 19.2. The summed E-state index contributed by atoms with van der Waals surface area (Å²) in [5.41, 5.74) is 0.491. The fraction of sp³-hybridized carbons (Fsp3) is 0.652. The zero-order chi connectivity index (χ0) is 22.4. The van der Waals surface area contributed by atoms with Crippen LogP contribution in [-0.4, -0.2) is 38.7 Å². The van der Waals surface area contributed by atoms with Crippen molar-refractivity contribution in [1.29, 1.82) is 0 Å². The highest BCUT2D eigenvalue weighted by Crippen LogP contribution is 2.60. The van der Waals surface area contributed by atoms with Gasteiger partial charge in [0, 0.05) is 25.4 Å². The number of sulfonamides is 1. The maximum absolute atomic E-state index is 13.0. The normalized spacial score (nSPS) is 30.1. The molecule has 5 rings (SSSR count). The first kappa shape index (κ1) is 22.3. The van der Waals surface area contributed by atoms with Crippen molar-refractivity contribution < 1.29 is 18.0 Å². The summed E-state index contributed by atoms with van der Waals surface area (Å²) < 4.78 is 23.2. The highest BCUT2D eigenvalue weighted by Gasteiger charge is 2.54. The van der Waals surface area contributed by atoms with Gasteiger partial charge in [0.15, 0.2) is 0 Å². The molecule has 1 aromatic carbocycles. The fourth-order valence-electron chi connectivity index (χ4n) is 6.43. The van der Waals surface area contributed by atoms with Crippen LogP contribution < -0.4 is 10.5 Å². The van der Waals surface area contributed by atoms with E-state index >= 15 is 0 Å². The quantitative estimate of drug-likeness (QED) is 0.669. The van der Waals surface area contributed by atoms with Crippen LogP contribution in [0.25, 0.3) is 0 Å². The molecule has 4 fully saturated rings. The molecule has 1 unspecified atom stereocenters. The van der Waals surface area contributed by atoms with Gasteiger partial charge in [0.25, 0.3) is 0 Å². The van der Waals surface area contributed by atoms with Crippen molar-refractivity contribution in [2.24, 2.45) is 28.3 Å². The third-order valence-corrected chi connectivity index (χ3v) is 8.70. The van der Waals surface area contributed by atoms with E-state index in [0.29, 0.717) is 29.9 Å². The fourth-order valence-corrected chi connectivity index (χ4v) is 7.00. The predicted molar refractivity (Wildman–Crippen MR) is 117 cm³/mol. The minimum Gasteiger partial charge on any atom is -0.355 e. The second kappa shape index (κ2) is 8.20. The van der Waals surface area contributed by atoms with Crippen LogP contribution in [0.15, 0.2) is 29.2 Å². The predicted octanol–water partition coefficient (Wildman–Crippen LogP) is 2.58. The van der Waals surface area contributed by atoms with Crippen molar-refractivity contribution in [3.8, 4) is 0 Å². The third-order valence-electron chi connectivity index (χ3n) is 7.79. The summed E-state index contributed by atoms with van der Waals surface area (Å²) in [5, 5.41) is 8.27. The van der Waals surface area contributed by atoms with Crippen LogP contribution in [0.4, 0.5) is 0 Å². The molecule has 0 saturated heterocycles. The molecule has 0 aliphatic heterocycles. The monoisotopic (exact) mass is 447 g/mol. The van der Waals surface area contributed by atoms with E-state index in [-0.39, 0.29) is 34.6 Å². The molecular formula is C23H33N3O4S. The number of nitrogens with one attached hydrogen (secondary N) is 1. The first-order valence-corrected chi connectivity index (χ1v) is 12.8. The van der Waals surface area contributed by atoms with E-state index in [9.17, 15) is 18.0 Å². The number of primary sulfonamides is 1. The van der Waals surface area contributed by atoms with E-state index in [2.05, 4.69) is 5.32 Å². The van der Waals surface area contributed by atoms with E-state index in [1.807, 2.05) is 6.92 Å². The Morgan fingerprint density at radius 1 is 1.16 bits per heavy atom. The minimum atomic E-state index is -3.80. The van der Waals surface area contributed by atoms with Crippen molar-refractivity contribution in [3.05, 3.63) is 29.8 Å². The average Bonchev–Trinajstić information content (AvgIpc) is 2.71. The Balaban J connectivity index is 1.31. The minimum absolute atomic E-state index is 0.0283. The van der Waals surface area contributed by atoms with Crippen LogP contribution >= 0.6 is 0 Å².